The Morgan fingerprint density at radius 1 is 0.848 bits per heavy atom. The summed E-state index contributed by atoms with van der Waals surface area (Å²) in [4.78, 5) is 41.3. The van der Waals surface area contributed by atoms with Gasteiger partial charge in [-0.3, -0.25) is 14.4 Å². The minimum Gasteiger partial charge on any atom is -0.493 e. The van der Waals surface area contributed by atoms with Gasteiger partial charge in [0.25, 0.3) is 11.8 Å². The number of benzene rings is 2. The van der Waals surface area contributed by atoms with E-state index < -0.39 is 24.0 Å². The fourth-order valence-electron chi connectivity index (χ4n) is 5.99. The number of hydrogen-bond acceptors (Lipinski definition) is 12. The molecule has 0 aromatic heterocycles. The van der Waals surface area contributed by atoms with Crippen LogP contribution in [0.3, 0.4) is 0 Å². The summed E-state index contributed by atoms with van der Waals surface area (Å²) in [6.45, 7) is 4.42. The first-order valence-corrected chi connectivity index (χ1v) is 15.9. The lowest BCUT2D eigenvalue weighted by molar-refractivity contribution is -0.145. The number of methoxy groups -OCH3 is 2. The van der Waals surface area contributed by atoms with Crippen molar-refractivity contribution in [3.63, 3.8) is 0 Å². The van der Waals surface area contributed by atoms with Gasteiger partial charge in [-0.25, -0.2) is 0 Å². The molecular weight excluding hydrogens is 616 g/mol. The third-order valence-corrected chi connectivity index (χ3v) is 8.63. The van der Waals surface area contributed by atoms with Crippen molar-refractivity contribution in [3.8, 4) is 23.0 Å². The van der Waals surface area contributed by atoms with Gasteiger partial charge < -0.3 is 50.1 Å². The number of likely N-dealkylation sites (tertiary alicyclic amines) is 2. The van der Waals surface area contributed by atoms with Gasteiger partial charge >= 0.3 is 5.97 Å². The summed E-state index contributed by atoms with van der Waals surface area (Å²) in [6.07, 6.45) is 1.19. The molecule has 0 aliphatic carbocycles. The van der Waals surface area contributed by atoms with E-state index in [1.165, 1.54) is 38.2 Å². The third kappa shape index (κ3) is 7.84. The molecule has 4 atom stereocenters. The van der Waals surface area contributed by atoms with Crippen LogP contribution in [0.5, 0.6) is 23.0 Å². The maximum absolute atomic E-state index is 13.4. The number of anilines is 2. The molecule has 5 N–H and O–H groups in total. The van der Waals surface area contributed by atoms with Crippen LogP contribution in [0.2, 0.25) is 0 Å². The van der Waals surface area contributed by atoms with Gasteiger partial charge in [0, 0.05) is 61.6 Å². The van der Waals surface area contributed by atoms with Gasteiger partial charge in [0.2, 0.25) is 0 Å². The van der Waals surface area contributed by atoms with Crippen molar-refractivity contribution in [2.24, 2.45) is 5.92 Å². The molecule has 13 nitrogen and oxygen atoms in total. The average molecular weight is 661 g/mol. The van der Waals surface area contributed by atoms with Crippen LogP contribution in [0.4, 0.5) is 11.4 Å². The summed E-state index contributed by atoms with van der Waals surface area (Å²) in [5.74, 6) is 1.40. The molecule has 0 radical (unpaired) electrons. The van der Waals surface area contributed by atoms with Crippen LogP contribution in [0.1, 0.15) is 53.8 Å². The number of nitrogen functional groups attached to an aromatic ring is 2. The van der Waals surface area contributed by atoms with Gasteiger partial charge in [0.15, 0.2) is 23.0 Å². The van der Waals surface area contributed by atoms with Crippen molar-refractivity contribution >= 4 is 41.8 Å². The number of carbonyl (C=O) groups is 3. The SMILES string of the molecule is COc1cc(C(=O)N2C[C@H](C)C[C@H]2CS)c(N)cc1OCCCOc1cc(N)c(C(=O)N2C[C@H](OC(C)=O)C[C@H]2CO)cc1OC. The molecule has 252 valence electrons. The normalized spacial score (nSPS) is 20.8. The summed E-state index contributed by atoms with van der Waals surface area (Å²) in [5, 5.41) is 9.80. The summed E-state index contributed by atoms with van der Waals surface area (Å²) in [7, 11) is 2.95. The fourth-order valence-corrected chi connectivity index (χ4v) is 6.33. The number of hydrogen-bond donors (Lipinski definition) is 4. The smallest absolute Gasteiger partial charge is 0.302 e. The van der Waals surface area contributed by atoms with Gasteiger partial charge in [-0.15, -0.1) is 0 Å². The molecule has 2 saturated heterocycles. The molecule has 46 heavy (non-hydrogen) atoms. The van der Waals surface area contributed by atoms with E-state index in [1.807, 2.05) is 4.90 Å². The fraction of sp³-hybridized carbons (Fsp3) is 0.531. The number of esters is 1. The Morgan fingerprint density at radius 3 is 1.83 bits per heavy atom. The van der Waals surface area contributed by atoms with Crippen LogP contribution in [-0.2, 0) is 9.53 Å². The van der Waals surface area contributed by atoms with E-state index in [0.29, 0.717) is 65.3 Å². The molecule has 2 fully saturated rings. The summed E-state index contributed by atoms with van der Waals surface area (Å²) in [6, 6.07) is 5.76. The van der Waals surface area contributed by atoms with E-state index in [2.05, 4.69) is 19.6 Å². The molecule has 14 heteroatoms. The van der Waals surface area contributed by atoms with Gasteiger partial charge in [0.05, 0.1) is 57.8 Å². The molecule has 2 aliphatic rings. The second-order valence-electron chi connectivity index (χ2n) is 11.6. The molecule has 0 saturated carbocycles. The van der Waals surface area contributed by atoms with E-state index in [0.717, 1.165) is 6.42 Å². The molecule has 2 amide bonds. The molecule has 2 aliphatic heterocycles. The predicted molar refractivity (Wildman–Crippen MR) is 175 cm³/mol. The molecule has 2 aromatic carbocycles. The first-order valence-electron chi connectivity index (χ1n) is 15.2. The van der Waals surface area contributed by atoms with Gasteiger partial charge in [0.1, 0.15) is 6.10 Å². The molecule has 0 unspecified atom stereocenters. The first-order chi connectivity index (χ1) is 22.0. The summed E-state index contributed by atoms with van der Waals surface area (Å²) in [5.41, 5.74) is 13.6. The zero-order valence-corrected chi connectivity index (χ0v) is 27.6. The average Bonchev–Trinajstić information content (AvgIpc) is 3.62. The number of thiol groups is 1. The second kappa shape index (κ2) is 15.5. The Morgan fingerprint density at radius 2 is 1.37 bits per heavy atom. The van der Waals surface area contributed by atoms with E-state index in [9.17, 15) is 19.5 Å². The number of aliphatic hydroxyl groups is 1. The van der Waals surface area contributed by atoms with E-state index in [4.69, 9.17) is 35.2 Å². The number of rotatable bonds is 13. The maximum atomic E-state index is 13.4. The van der Waals surface area contributed by atoms with Crippen LogP contribution in [0, 0.1) is 5.92 Å². The van der Waals surface area contributed by atoms with Crippen molar-refractivity contribution < 1.29 is 43.2 Å². The standard InChI is InChI=1S/C32H44N4O9S/c1-18-8-21(17-46)35(14-18)31(39)23-10-27(41-3)29(12-25(23)33)43-6-5-7-44-30-13-26(34)24(11-28(30)42-4)32(40)36-15-22(45-19(2)38)9-20(36)16-37/h10-13,18,20-22,37,46H,5-9,14-17,33-34H2,1-4H3/t18-,20+,21+,22-/m1/s1. The van der Waals surface area contributed by atoms with Crippen molar-refractivity contribution in [2.45, 2.75) is 51.3 Å². The quantitative estimate of drug-likeness (QED) is 0.108. The lowest BCUT2D eigenvalue weighted by atomic mass is 10.1. The monoisotopic (exact) mass is 660 g/mol. The van der Waals surface area contributed by atoms with E-state index in [-0.39, 0.29) is 49.6 Å². The number of amides is 2. The summed E-state index contributed by atoms with van der Waals surface area (Å²) >= 11 is 4.42. The van der Waals surface area contributed by atoms with Crippen molar-refractivity contribution in [2.75, 3.05) is 64.3 Å². The Bertz CT molecular complexity index is 1420. The highest BCUT2D eigenvalue weighted by Crippen LogP contribution is 2.36. The maximum Gasteiger partial charge on any atom is 0.302 e. The molecular formula is C32H44N4O9S. The minimum atomic E-state index is -0.511. The molecule has 2 aromatic rings. The Hall–Kier alpha value is -4.04. The number of nitrogens with two attached hydrogens (primary N) is 2. The Balaban J connectivity index is 1.36. The Labute approximate surface area is 274 Å². The third-order valence-electron chi connectivity index (χ3n) is 8.21. The Kier molecular flexibility index (Phi) is 11.7. The van der Waals surface area contributed by atoms with Gasteiger partial charge in [-0.05, 0) is 24.5 Å². The van der Waals surface area contributed by atoms with Crippen LogP contribution >= 0.6 is 12.6 Å². The molecule has 0 bridgehead atoms. The van der Waals surface area contributed by atoms with Crippen LogP contribution < -0.4 is 30.4 Å². The van der Waals surface area contributed by atoms with Crippen LogP contribution in [-0.4, -0.2) is 104 Å². The topological polar surface area (TPSA) is 176 Å². The zero-order valence-electron chi connectivity index (χ0n) is 26.7. The van der Waals surface area contributed by atoms with Gasteiger partial charge in [-0.2, -0.15) is 12.6 Å². The highest BCUT2D eigenvalue weighted by molar-refractivity contribution is 7.80. The molecule has 4 rings (SSSR count). The lowest BCUT2D eigenvalue weighted by Gasteiger charge is -2.24. The van der Waals surface area contributed by atoms with Crippen molar-refractivity contribution in [3.05, 3.63) is 35.4 Å². The highest BCUT2D eigenvalue weighted by Gasteiger charge is 2.38. The first kappa shape index (κ1) is 34.8. The van der Waals surface area contributed by atoms with Crippen LogP contribution in [0.25, 0.3) is 0 Å². The molecule has 0 spiro atoms. The number of ether oxygens (including phenoxy) is 5. The van der Waals surface area contributed by atoms with Gasteiger partial charge in [-0.1, -0.05) is 6.92 Å². The second-order valence-corrected chi connectivity index (χ2v) is 12.0. The number of aliphatic hydroxyl groups excluding tert-OH is 1. The predicted octanol–water partition coefficient (Wildman–Crippen LogP) is 2.64. The van der Waals surface area contributed by atoms with E-state index in [1.54, 1.807) is 12.1 Å². The number of nitrogens with zero attached hydrogens (tertiary/aromatic N) is 2. The summed E-state index contributed by atoms with van der Waals surface area (Å²) < 4.78 is 28.1. The minimum absolute atomic E-state index is 0.0583. The van der Waals surface area contributed by atoms with Crippen molar-refractivity contribution in [1.29, 1.82) is 0 Å². The number of carbonyl (C=O) groups excluding carboxylic acids is 3. The largest absolute Gasteiger partial charge is 0.493 e. The zero-order chi connectivity index (χ0) is 33.5. The van der Waals surface area contributed by atoms with E-state index >= 15 is 0 Å². The van der Waals surface area contributed by atoms with Crippen LogP contribution in [0.15, 0.2) is 24.3 Å². The lowest BCUT2D eigenvalue weighted by Crippen LogP contribution is -2.38. The van der Waals surface area contributed by atoms with Crippen molar-refractivity contribution in [1.82, 2.24) is 9.80 Å². The molecule has 2 heterocycles. The highest BCUT2D eigenvalue weighted by atomic mass is 32.1.